The molecule has 0 bridgehead atoms. The van der Waals surface area contributed by atoms with Crippen molar-refractivity contribution in [2.24, 2.45) is 0 Å². The minimum absolute atomic E-state index is 0.00790. The van der Waals surface area contributed by atoms with Gasteiger partial charge in [-0.05, 0) is 41.8 Å². The summed E-state index contributed by atoms with van der Waals surface area (Å²) < 4.78 is 27.7. The van der Waals surface area contributed by atoms with Gasteiger partial charge in [-0.3, -0.25) is 10.2 Å². The van der Waals surface area contributed by atoms with Gasteiger partial charge in [0.05, 0.1) is 6.54 Å². The van der Waals surface area contributed by atoms with Crippen molar-refractivity contribution >= 4 is 50.2 Å². The number of H-pyrrole nitrogens is 1. The van der Waals surface area contributed by atoms with Crippen LogP contribution < -0.4 is 0 Å². The molecule has 2 heterocycles. The molecule has 1 aliphatic rings. The number of carboxylic acids is 1. The number of benzene rings is 3. The number of carbonyl (C=O) groups is 2. The molecule has 0 radical (unpaired) electrons. The maximum atomic E-state index is 13.4. The summed E-state index contributed by atoms with van der Waals surface area (Å²) >= 11 is 6.02. The third-order valence-corrected chi connectivity index (χ3v) is 9.36. The maximum Gasteiger partial charge on any atom is 0.327 e. The summed E-state index contributed by atoms with van der Waals surface area (Å²) in [6.07, 6.45) is 0.798. The molecule has 0 spiro atoms. The number of likely N-dealkylation sites (N-methyl/N-ethyl adjacent to an activating group) is 1. The zero-order valence-corrected chi connectivity index (χ0v) is 24.4. The number of hydrogen-bond donors (Lipinski definition) is 3. The number of rotatable bonds is 9. The molecule has 0 unspecified atom stereocenters. The minimum Gasteiger partial charge on any atom is -0.480 e. The van der Waals surface area contributed by atoms with Gasteiger partial charge in [0.1, 0.15) is 16.9 Å². The largest absolute Gasteiger partial charge is 0.480 e. The van der Waals surface area contributed by atoms with Gasteiger partial charge in [0.15, 0.2) is 0 Å². The Labute approximate surface area is 248 Å². The molecule has 3 aromatic carbocycles. The number of hydrogen-bond acceptors (Lipinski definition) is 5. The van der Waals surface area contributed by atoms with E-state index in [1.807, 2.05) is 42.3 Å². The van der Waals surface area contributed by atoms with Gasteiger partial charge < -0.3 is 19.9 Å². The van der Waals surface area contributed by atoms with E-state index in [0.29, 0.717) is 39.4 Å². The SMILES string of the molecule is CN(CCc1ccccc1)C(=N)c1ccc(CN2C(=O)CN(S(=O)(=O)c3cc4cc(Cl)ccc4[nH]3)C[C@@H]2C(=O)O)cc1. The van der Waals surface area contributed by atoms with E-state index in [2.05, 4.69) is 4.98 Å². The zero-order valence-electron chi connectivity index (χ0n) is 22.8. The van der Waals surface area contributed by atoms with E-state index in [4.69, 9.17) is 17.0 Å². The van der Waals surface area contributed by atoms with Crippen LogP contribution in [0.5, 0.6) is 0 Å². The van der Waals surface area contributed by atoms with Crippen LogP contribution in [0.15, 0.2) is 83.9 Å². The first kappa shape index (κ1) is 29.3. The number of amides is 1. The average Bonchev–Trinajstić information content (AvgIpc) is 3.41. The van der Waals surface area contributed by atoms with Crippen LogP contribution in [0.3, 0.4) is 0 Å². The molecule has 12 heteroatoms. The number of piperazine rings is 1. The number of carbonyl (C=O) groups excluding carboxylic acids is 1. The number of carboxylic acid groups (broad SMARTS) is 1. The van der Waals surface area contributed by atoms with E-state index in [-0.39, 0.29) is 11.6 Å². The summed E-state index contributed by atoms with van der Waals surface area (Å²) in [5.41, 5.74) is 3.09. The van der Waals surface area contributed by atoms with Crippen molar-refractivity contribution in [3.63, 3.8) is 0 Å². The molecule has 5 rings (SSSR count). The van der Waals surface area contributed by atoms with Gasteiger partial charge in [-0.2, -0.15) is 4.31 Å². The van der Waals surface area contributed by atoms with Crippen LogP contribution in [0.1, 0.15) is 16.7 Å². The summed E-state index contributed by atoms with van der Waals surface area (Å²) in [5.74, 6) is -1.57. The van der Waals surface area contributed by atoms with Crippen molar-refractivity contribution in [2.45, 2.75) is 24.0 Å². The normalized spacial score (nSPS) is 16.1. The predicted octanol–water partition coefficient (Wildman–Crippen LogP) is 3.81. The van der Waals surface area contributed by atoms with Crippen LogP contribution in [0.4, 0.5) is 0 Å². The number of aliphatic carboxylic acids is 1. The molecule has 1 atom stereocenters. The van der Waals surface area contributed by atoms with E-state index in [1.54, 1.807) is 42.5 Å². The molecule has 1 aliphatic heterocycles. The molecule has 1 amide bonds. The zero-order chi connectivity index (χ0) is 30.0. The van der Waals surface area contributed by atoms with Gasteiger partial charge >= 0.3 is 5.97 Å². The Hall–Kier alpha value is -4.19. The lowest BCUT2D eigenvalue weighted by Crippen LogP contribution is -2.60. The predicted molar refractivity (Wildman–Crippen MR) is 160 cm³/mol. The van der Waals surface area contributed by atoms with E-state index >= 15 is 0 Å². The first-order chi connectivity index (χ1) is 20.0. The molecule has 42 heavy (non-hydrogen) atoms. The number of aromatic amines is 1. The number of aromatic nitrogens is 1. The van der Waals surface area contributed by atoms with Gasteiger partial charge in [-0.25, -0.2) is 13.2 Å². The van der Waals surface area contributed by atoms with Crippen LogP contribution in [0, 0.1) is 5.41 Å². The number of sulfonamides is 1. The highest BCUT2D eigenvalue weighted by atomic mass is 35.5. The lowest BCUT2D eigenvalue weighted by atomic mass is 10.1. The van der Waals surface area contributed by atoms with Crippen molar-refractivity contribution in [2.75, 3.05) is 26.7 Å². The topological polar surface area (TPSA) is 138 Å². The summed E-state index contributed by atoms with van der Waals surface area (Å²) in [7, 11) is -2.33. The first-order valence-corrected chi connectivity index (χ1v) is 15.1. The Balaban J connectivity index is 1.26. The quantitative estimate of drug-likeness (QED) is 0.195. The molecule has 1 fully saturated rings. The average molecular weight is 608 g/mol. The monoisotopic (exact) mass is 607 g/mol. The summed E-state index contributed by atoms with van der Waals surface area (Å²) in [5, 5.41) is 19.4. The van der Waals surface area contributed by atoms with Crippen LogP contribution in [-0.2, 0) is 32.6 Å². The first-order valence-electron chi connectivity index (χ1n) is 13.3. The molecule has 3 N–H and O–H groups in total. The van der Waals surface area contributed by atoms with Gasteiger partial charge in [0.25, 0.3) is 10.0 Å². The van der Waals surface area contributed by atoms with E-state index < -0.39 is 41.0 Å². The third kappa shape index (κ3) is 6.18. The Bertz CT molecular complexity index is 1740. The van der Waals surface area contributed by atoms with Crippen LogP contribution in [0.25, 0.3) is 10.9 Å². The number of nitrogens with zero attached hydrogens (tertiary/aromatic N) is 3. The van der Waals surface area contributed by atoms with Crippen LogP contribution >= 0.6 is 11.6 Å². The summed E-state index contributed by atoms with van der Waals surface area (Å²) in [6, 6.07) is 22.0. The number of fused-ring (bicyclic) bond motifs is 1. The fourth-order valence-corrected chi connectivity index (χ4v) is 6.55. The van der Waals surface area contributed by atoms with Crippen molar-refractivity contribution in [1.29, 1.82) is 5.41 Å². The van der Waals surface area contributed by atoms with E-state index in [9.17, 15) is 23.1 Å². The molecule has 4 aromatic rings. The Kier molecular flexibility index (Phi) is 8.35. The highest BCUT2D eigenvalue weighted by Gasteiger charge is 2.42. The summed E-state index contributed by atoms with van der Waals surface area (Å²) in [4.78, 5) is 31.2. The molecule has 0 saturated carbocycles. The van der Waals surface area contributed by atoms with Gasteiger partial charge in [0.2, 0.25) is 5.91 Å². The standard InChI is InChI=1S/C30H30ClN5O5S/c1-34(14-13-20-5-3-2-4-6-20)29(32)22-9-7-21(8-10-22)17-36-26(30(38)39)18-35(19-28(36)37)42(40,41)27-16-23-15-24(31)11-12-25(23)33-27/h2-12,15-16,26,32-33H,13-14,17-19H2,1H3,(H,38,39)/t26-/m1/s1. The lowest BCUT2D eigenvalue weighted by Gasteiger charge is -2.38. The Morgan fingerprint density at radius 2 is 1.79 bits per heavy atom. The second-order valence-electron chi connectivity index (χ2n) is 10.2. The molecule has 218 valence electrons. The van der Waals surface area contributed by atoms with Crippen molar-refractivity contribution < 1.29 is 23.1 Å². The Morgan fingerprint density at radius 3 is 2.48 bits per heavy atom. The van der Waals surface area contributed by atoms with Gasteiger partial charge in [-0.1, -0.05) is 66.2 Å². The van der Waals surface area contributed by atoms with Crippen LogP contribution in [-0.4, -0.2) is 83.0 Å². The number of nitrogens with one attached hydrogen (secondary N) is 2. The fraction of sp³-hybridized carbons (Fsp3) is 0.233. The van der Waals surface area contributed by atoms with Crippen molar-refractivity contribution in [1.82, 2.24) is 19.1 Å². The highest BCUT2D eigenvalue weighted by Crippen LogP contribution is 2.27. The smallest absolute Gasteiger partial charge is 0.327 e. The van der Waals surface area contributed by atoms with Crippen molar-refractivity contribution in [3.8, 4) is 0 Å². The molecule has 1 aromatic heterocycles. The summed E-state index contributed by atoms with van der Waals surface area (Å²) in [6.45, 7) is -0.226. The molecule has 0 aliphatic carbocycles. The minimum atomic E-state index is -4.18. The number of amidine groups is 1. The molecular weight excluding hydrogens is 578 g/mol. The third-order valence-electron chi connectivity index (χ3n) is 7.39. The second kappa shape index (κ2) is 12.0. The maximum absolute atomic E-state index is 13.4. The molecule has 1 saturated heterocycles. The molecular formula is C30H30ClN5O5S. The van der Waals surface area contributed by atoms with E-state index in [1.165, 1.54) is 16.5 Å². The molecule has 10 nitrogen and oxygen atoms in total. The second-order valence-corrected chi connectivity index (χ2v) is 12.6. The number of halogens is 1. The highest BCUT2D eigenvalue weighted by molar-refractivity contribution is 7.89. The van der Waals surface area contributed by atoms with Crippen LogP contribution in [0.2, 0.25) is 5.02 Å². The van der Waals surface area contributed by atoms with E-state index in [0.717, 1.165) is 10.7 Å². The lowest BCUT2D eigenvalue weighted by molar-refractivity contribution is -0.154. The van der Waals surface area contributed by atoms with Gasteiger partial charge in [0, 0.05) is 48.2 Å². The Morgan fingerprint density at radius 1 is 1.07 bits per heavy atom. The van der Waals surface area contributed by atoms with Gasteiger partial charge in [-0.15, -0.1) is 0 Å². The van der Waals surface area contributed by atoms with Crippen molar-refractivity contribution in [3.05, 3.63) is 101 Å². The fourth-order valence-electron chi connectivity index (χ4n) is 4.96.